The lowest BCUT2D eigenvalue weighted by Gasteiger charge is -2.12. The molecule has 0 bridgehead atoms. The summed E-state index contributed by atoms with van der Waals surface area (Å²) < 4.78 is 34.6. The summed E-state index contributed by atoms with van der Waals surface area (Å²) in [5, 5.41) is 0. The highest BCUT2D eigenvalue weighted by Gasteiger charge is 2.13. The summed E-state index contributed by atoms with van der Waals surface area (Å²) in [5.74, 6) is 0.624. The monoisotopic (exact) mass is 346 g/mol. The molecule has 6 heteroatoms. The van der Waals surface area contributed by atoms with Crippen molar-refractivity contribution >= 4 is 11.9 Å². The van der Waals surface area contributed by atoms with E-state index in [2.05, 4.69) is 0 Å². The third-order valence-electron chi connectivity index (χ3n) is 3.56. The van der Waals surface area contributed by atoms with Gasteiger partial charge in [0.25, 0.3) is 0 Å². The van der Waals surface area contributed by atoms with Gasteiger partial charge in [-0.3, -0.25) is 4.79 Å². The largest absolute Gasteiger partial charge is 0.497 e. The number of halogens is 1. The van der Waals surface area contributed by atoms with Crippen molar-refractivity contribution in [3.8, 4) is 23.0 Å². The number of allylic oxidation sites excluding steroid dienone is 1. The second kappa shape index (κ2) is 8.19. The zero-order chi connectivity index (χ0) is 18.4. The summed E-state index contributed by atoms with van der Waals surface area (Å²) in [5.41, 5.74) is 0.612. The molecule has 5 nitrogen and oxygen atoms in total. The number of carbonyl (C=O) groups excluding carboxylic acids is 1. The number of rotatable bonds is 7. The summed E-state index contributed by atoms with van der Waals surface area (Å²) in [4.78, 5) is 12.2. The second-order valence-electron chi connectivity index (χ2n) is 5.00. The average molecular weight is 346 g/mol. The Bertz CT molecular complexity index is 773. The van der Waals surface area contributed by atoms with E-state index in [0.29, 0.717) is 28.6 Å². The van der Waals surface area contributed by atoms with E-state index in [0.717, 1.165) is 0 Å². The molecule has 132 valence electrons. The lowest BCUT2D eigenvalue weighted by molar-refractivity contribution is 0.104. The van der Waals surface area contributed by atoms with Crippen molar-refractivity contribution in [2.75, 3.05) is 28.4 Å². The van der Waals surface area contributed by atoms with Crippen LogP contribution in [0.5, 0.6) is 23.0 Å². The SMILES string of the molecule is COc1ccc(C(=O)C=Cc2cc(OC)c(OC)c(OC)c2)c(F)c1. The number of ketones is 1. The molecule has 0 aromatic heterocycles. The van der Waals surface area contributed by atoms with Gasteiger partial charge in [0.1, 0.15) is 11.6 Å². The molecule has 0 aliphatic heterocycles. The molecule has 25 heavy (non-hydrogen) atoms. The lowest BCUT2D eigenvalue weighted by Crippen LogP contribution is -1.99. The zero-order valence-electron chi connectivity index (χ0n) is 14.5. The minimum absolute atomic E-state index is 0.0375. The van der Waals surface area contributed by atoms with Gasteiger partial charge in [0.15, 0.2) is 17.3 Å². The molecular formula is C19H19FO5. The van der Waals surface area contributed by atoms with Crippen LogP contribution in [-0.4, -0.2) is 34.2 Å². The first-order valence-electron chi connectivity index (χ1n) is 7.40. The zero-order valence-corrected chi connectivity index (χ0v) is 14.5. The molecule has 0 saturated carbocycles. The summed E-state index contributed by atoms with van der Waals surface area (Å²) in [6.45, 7) is 0. The van der Waals surface area contributed by atoms with Gasteiger partial charge in [-0.1, -0.05) is 6.08 Å². The Morgan fingerprint density at radius 2 is 1.56 bits per heavy atom. The van der Waals surface area contributed by atoms with Gasteiger partial charge < -0.3 is 18.9 Å². The number of carbonyl (C=O) groups is 1. The Labute approximate surface area is 145 Å². The highest BCUT2D eigenvalue weighted by atomic mass is 19.1. The molecule has 0 aliphatic rings. The fourth-order valence-electron chi connectivity index (χ4n) is 2.28. The molecule has 0 unspecified atom stereocenters. The van der Waals surface area contributed by atoms with E-state index >= 15 is 0 Å². The maximum Gasteiger partial charge on any atom is 0.203 e. The predicted octanol–water partition coefficient (Wildman–Crippen LogP) is 3.76. The van der Waals surface area contributed by atoms with E-state index in [1.54, 1.807) is 18.2 Å². The third-order valence-corrected chi connectivity index (χ3v) is 3.56. The molecule has 0 atom stereocenters. The van der Waals surface area contributed by atoms with Crippen molar-refractivity contribution in [2.24, 2.45) is 0 Å². The highest BCUT2D eigenvalue weighted by molar-refractivity contribution is 6.07. The van der Waals surface area contributed by atoms with Gasteiger partial charge in [-0.05, 0) is 35.9 Å². The molecule has 0 heterocycles. The molecule has 2 aromatic rings. The van der Waals surface area contributed by atoms with Gasteiger partial charge in [0, 0.05) is 6.07 Å². The van der Waals surface area contributed by atoms with Crippen molar-refractivity contribution < 1.29 is 28.1 Å². The van der Waals surface area contributed by atoms with Crippen molar-refractivity contribution in [3.63, 3.8) is 0 Å². The molecule has 0 aliphatic carbocycles. The van der Waals surface area contributed by atoms with Crippen LogP contribution in [0.3, 0.4) is 0 Å². The van der Waals surface area contributed by atoms with Crippen LogP contribution < -0.4 is 18.9 Å². The first kappa shape index (κ1) is 18.3. The minimum Gasteiger partial charge on any atom is -0.497 e. The number of hydrogen-bond donors (Lipinski definition) is 0. The van der Waals surface area contributed by atoms with E-state index in [1.165, 1.54) is 52.7 Å². The number of methoxy groups -OCH3 is 4. The molecule has 0 saturated heterocycles. The lowest BCUT2D eigenvalue weighted by atomic mass is 10.1. The normalized spacial score (nSPS) is 10.6. The third kappa shape index (κ3) is 4.09. The fraction of sp³-hybridized carbons (Fsp3) is 0.211. The fourth-order valence-corrected chi connectivity index (χ4v) is 2.28. The Balaban J connectivity index is 2.31. The quantitative estimate of drug-likeness (QED) is 0.564. The molecule has 0 amide bonds. The van der Waals surface area contributed by atoms with Gasteiger partial charge >= 0.3 is 0 Å². The molecule has 0 radical (unpaired) electrons. The van der Waals surface area contributed by atoms with Crippen molar-refractivity contribution in [1.29, 1.82) is 0 Å². The molecule has 2 rings (SSSR count). The van der Waals surface area contributed by atoms with Crippen LogP contribution in [0.1, 0.15) is 15.9 Å². The Kier molecular flexibility index (Phi) is 6.00. The molecular weight excluding hydrogens is 327 g/mol. The average Bonchev–Trinajstić information content (AvgIpc) is 2.64. The molecule has 2 aromatic carbocycles. The van der Waals surface area contributed by atoms with Crippen molar-refractivity contribution in [2.45, 2.75) is 0 Å². The Morgan fingerprint density at radius 3 is 2.04 bits per heavy atom. The van der Waals surface area contributed by atoms with E-state index in [9.17, 15) is 9.18 Å². The first-order valence-corrected chi connectivity index (χ1v) is 7.40. The predicted molar refractivity (Wildman–Crippen MR) is 92.4 cm³/mol. The van der Waals surface area contributed by atoms with Gasteiger partial charge in [-0.25, -0.2) is 4.39 Å². The first-order chi connectivity index (χ1) is 12.0. The summed E-state index contributed by atoms with van der Waals surface area (Å²) in [6.07, 6.45) is 2.84. The second-order valence-corrected chi connectivity index (χ2v) is 5.00. The smallest absolute Gasteiger partial charge is 0.203 e. The van der Waals surface area contributed by atoms with Crippen LogP contribution in [0.25, 0.3) is 6.08 Å². The van der Waals surface area contributed by atoms with Crippen LogP contribution in [0, 0.1) is 5.82 Å². The standard InChI is InChI=1S/C19H19FO5/c1-22-13-6-7-14(15(20)11-13)16(21)8-5-12-9-17(23-2)19(25-4)18(10-12)24-3/h5-11H,1-4H3. The van der Waals surface area contributed by atoms with Crippen molar-refractivity contribution in [3.05, 3.63) is 53.4 Å². The van der Waals surface area contributed by atoms with Crippen LogP contribution >= 0.6 is 0 Å². The van der Waals surface area contributed by atoms with Crippen LogP contribution in [-0.2, 0) is 0 Å². The number of hydrogen-bond acceptors (Lipinski definition) is 5. The van der Waals surface area contributed by atoms with Crippen LogP contribution in [0.4, 0.5) is 4.39 Å². The minimum atomic E-state index is -0.640. The molecule has 0 N–H and O–H groups in total. The van der Waals surface area contributed by atoms with E-state index in [1.807, 2.05) is 0 Å². The van der Waals surface area contributed by atoms with E-state index < -0.39 is 11.6 Å². The maximum atomic E-state index is 14.0. The topological polar surface area (TPSA) is 54.0 Å². The van der Waals surface area contributed by atoms with Gasteiger partial charge in [-0.2, -0.15) is 0 Å². The molecule has 0 spiro atoms. The maximum absolute atomic E-state index is 14.0. The number of ether oxygens (including phenoxy) is 4. The van der Waals surface area contributed by atoms with E-state index in [4.69, 9.17) is 18.9 Å². The van der Waals surface area contributed by atoms with Crippen LogP contribution in [0.15, 0.2) is 36.4 Å². The Hall–Kier alpha value is -3.02. The summed E-state index contributed by atoms with van der Waals surface area (Å²) in [6, 6.07) is 7.46. The van der Waals surface area contributed by atoms with Gasteiger partial charge in [0.05, 0.1) is 34.0 Å². The highest BCUT2D eigenvalue weighted by Crippen LogP contribution is 2.38. The number of benzene rings is 2. The van der Waals surface area contributed by atoms with Crippen molar-refractivity contribution in [1.82, 2.24) is 0 Å². The summed E-state index contributed by atoms with van der Waals surface area (Å²) >= 11 is 0. The molecule has 0 fully saturated rings. The summed E-state index contributed by atoms with van der Waals surface area (Å²) in [7, 11) is 5.94. The van der Waals surface area contributed by atoms with Crippen LogP contribution in [0.2, 0.25) is 0 Å². The van der Waals surface area contributed by atoms with Gasteiger partial charge in [0.2, 0.25) is 5.75 Å². The van der Waals surface area contributed by atoms with Gasteiger partial charge in [-0.15, -0.1) is 0 Å². The van der Waals surface area contributed by atoms with E-state index in [-0.39, 0.29) is 5.56 Å². The Morgan fingerprint density at radius 1 is 0.920 bits per heavy atom.